The highest BCUT2D eigenvalue weighted by atomic mass is 16.1. The van der Waals surface area contributed by atoms with Gasteiger partial charge in [-0.25, -0.2) is 4.79 Å². The van der Waals surface area contributed by atoms with E-state index in [2.05, 4.69) is 53.1 Å². The summed E-state index contributed by atoms with van der Waals surface area (Å²) >= 11 is 0. The third kappa shape index (κ3) is 4.57. The Morgan fingerprint density at radius 2 is 2.22 bits per heavy atom. The van der Waals surface area contributed by atoms with Crippen LogP contribution < -0.4 is 16.7 Å². The molecule has 0 amide bonds. The van der Waals surface area contributed by atoms with Gasteiger partial charge in [0.05, 0.1) is 0 Å². The Morgan fingerprint density at radius 1 is 1.44 bits per heavy atom. The van der Waals surface area contributed by atoms with Crippen molar-refractivity contribution in [3.05, 3.63) is 34.5 Å². The molecule has 8 nitrogen and oxygen atoms in total. The van der Waals surface area contributed by atoms with Crippen LogP contribution in [-0.4, -0.2) is 51.6 Å². The fraction of sp³-hybridized carbons (Fsp3) is 0.526. The number of rotatable bonds is 5. The molecule has 2 aromatic heterocycles. The molecule has 3 rings (SSSR count). The van der Waals surface area contributed by atoms with Gasteiger partial charge in [-0.2, -0.15) is 4.98 Å². The lowest BCUT2D eigenvalue weighted by molar-refractivity contribution is 0.296. The molecule has 0 fully saturated rings. The average Bonchev–Trinajstić information content (AvgIpc) is 3.02. The molecule has 8 heteroatoms. The van der Waals surface area contributed by atoms with Gasteiger partial charge in [-0.15, -0.1) is 0 Å². The van der Waals surface area contributed by atoms with Crippen molar-refractivity contribution in [2.45, 2.75) is 39.0 Å². The molecule has 1 aliphatic rings. The number of guanidine groups is 1. The average molecular weight is 371 g/mol. The molecule has 27 heavy (non-hydrogen) atoms. The summed E-state index contributed by atoms with van der Waals surface area (Å²) < 4.78 is 1.68. The molecule has 0 saturated heterocycles. The van der Waals surface area contributed by atoms with Crippen LogP contribution in [0.5, 0.6) is 0 Å². The number of nitrogens with two attached hydrogens (primary N) is 1. The Kier molecular flexibility index (Phi) is 5.36. The van der Waals surface area contributed by atoms with Crippen LogP contribution in [0.2, 0.25) is 0 Å². The van der Waals surface area contributed by atoms with E-state index in [-0.39, 0.29) is 17.1 Å². The van der Waals surface area contributed by atoms with Gasteiger partial charge in [0.2, 0.25) is 0 Å². The summed E-state index contributed by atoms with van der Waals surface area (Å²) in [5.74, 6) is 0.0115. The lowest BCUT2D eigenvalue weighted by Gasteiger charge is -2.26. The normalized spacial score (nSPS) is 15.7. The number of hydrogen-bond acceptors (Lipinski definition) is 4. The molecular formula is C19H29N7O. The van der Waals surface area contributed by atoms with Crippen LogP contribution in [0.15, 0.2) is 23.1 Å². The first-order chi connectivity index (χ1) is 12.7. The SMILES string of the molecule is CC(C)(C)c1cc2cn(C3=CCN(CCCNC(=N)N)CC3)c(=O)nc2[nH]1. The van der Waals surface area contributed by atoms with Gasteiger partial charge in [-0.05, 0) is 12.5 Å². The van der Waals surface area contributed by atoms with Crippen molar-refractivity contribution in [3.63, 3.8) is 0 Å². The predicted molar refractivity (Wildman–Crippen MR) is 109 cm³/mol. The Labute approximate surface area is 159 Å². The van der Waals surface area contributed by atoms with E-state index in [1.165, 1.54) is 0 Å². The summed E-state index contributed by atoms with van der Waals surface area (Å²) in [5.41, 5.74) is 7.75. The second kappa shape index (κ2) is 7.56. The number of H-pyrrole nitrogens is 1. The summed E-state index contributed by atoms with van der Waals surface area (Å²) in [6.45, 7) is 9.74. The first-order valence-electron chi connectivity index (χ1n) is 9.36. The highest BCUT2D eigenvalue weighted by Crippen LogP contribution is 2.25. The molecule has 0 saturated carbocycles. The minimum absolute atomic E-state index is 0.0115. The lowest BCUT2D eigenvalue weighted by atomic mass is 9.92. The van der Waals surface area contributed by atoms with Gasteiger partial charge in [0, 0.05) is 61.0 Å². The summed E-state index contributed by atoms with van der Waals surface area (Å²) in [5, 5.41) is 10.9. The van der Waals surface area contributed by atoms with Crippen LogP contribution in [0.1, 0.15) is 39.3 Å². The van der Waals surface area contributed by atoms with E-state index in [0.717, 1.165) is 49.3 Å². The van der Waals surface area contributed by atoms with E-state index in [9.17, 15) is 4.79 Å². The maximum absolute atomic E-state index is 12.5. The second-order valence-electron chi connectivity index (χ2n) is 8.07. The quantitative estimate of drug-likeness (QED) is 0.361. The minimum Gasteiger partial charge on any atom is -0.370 e. The van der Waals surface area contributed by atoms with E-state index in [0.29, 0.717) is 12.2 Å². The van der Waals surface area contributed by atoms with Crippen molar-refractivity contribution in [2.24, 2.45) is 5.73 Å². The summed E-state index contributed by atoms with van der Waals surface area (Å²) in [6.07, 6.45) is 5.74. The molecule has 5 N–H and O–H groups in total. The van der Waals surface area contributed by atoms with Crippen LogP contribution in [0, 0.1) is 5.41 Å². The molecule has 0 aromatic carbocycles. The molecule has 0 radical (unpaired) electrons. The highest BCUT2D eigenvalue weighted by molar-refractivity contribution is 5.76. The van der Waals surface area contributed by atoms with Crippen molar-refractivity contribution >= 4 is 22.7 Å². The zero-order valence-electron chi connectivity index (χ0n) is 16.3. The number of nitrogens with one attached hydrogen (secondary N) is 3. The smallest absolute Gasteiger partial charge is 0.353 e. The molecule has 1 aliphatic heterocycles. The largest absolute Gasteiger partial charge is 0.370 e. The molecule has 3 heterocycles. The van der Waals surface area contributed by atoms with Crippen molar-refractivity contribution in [2.75, 3.05) is 26.2 Å². The first kappa shape index (κ1) is 19.2. The fourth-order valence-corrected chi connectivity index (χ4v) is 3.25. The van der Waals surface area contributed by atoms with E-state index >= 15 is 0 Å². The molecule has 2 aromatic rings. The summed E-state index contributed by atoms with van der Waals surface area (Å²) in [4.78, 5) is 22.3. The van der Waals surface area contributed by atoms with Crippen molar-refractivity contribution in [1.82, 2.24) is 24.8 Å². The van der Waals surface area contributed by atoms with E-state index in [1.807, 2.05) is 6.20 Å². The standard InChI is InChI=1S/C19H29N7O/c1-19(2,3)15-11-13-12-26(18(27)24-16(13)23-15)14-5-9-25(10-6-14)8-4-7-22-17(20)21/h5,11-12H,4,6-10H2,1-3H3,(H4,20,21,22)(H,23,24,27). The maximum atomic E-state index is 12.5. The van der Waals surface area contributed by atoms with Crippen molar-refractivity contribution in [3.8, 4) is 0 Å². The topological polar surface area (TPSA) is 116 Å². The van der Waals surface area contributed by atoms with Crippen LogP contribution in [-0.2, 0) is 5.41 Å². The molecule has 0 bridgehead atoms. The van der Waals surface area contributed by atoms with E-state index in [4.69, 9.17) is 11.1 Å². The van der Waals surface area contributed by atoms with Crippen molar-refractivity contribution in [1.29, 1.82) is 5.41 Å². The zero-order valence-corrected chi connectivity index (χ0v) is 16.3. The number of fused-ring (bicyclic) bond motifs is 1. The number of hydrogen-bond donors (Lipinski definition) is 4. The molecule has 0 unspecified atom stereocenters. The van der Waals surface area contributed by atoms with Gasteiger partial charge in [0.25, 0.3) is 0 Å². The predicted octanol–water partition coefficient (Wildman–Crippen LogP) is 1.44. The Bertz CT molecular complexity index is 916. The zero-order chi connectivity index (χ0) is 19.6. The van der Waals surface area contributed by atoms with Crippen LogP contribution in [0.3, 0.4) is 0 Å². The molecular weight excluding hydrogens is 342 g/mol. The summed E-state index contributed by atoms with van der Waals surface area (Å²) in [7, 11) is 0. The lowest BCUT2D eigenvalue weighted by Crippen LogP contribution is -2.35. The van der Waals surface area contributed by atoms with Gasteiger partial charge >= 0.3 is 5.69 Å². The van der Waals surface area contributed by atoms with Gasteiger partial charge in [0.15, 0.2) is 5.96 Å². The first-order valence-corrected chi connectivity index (χ1v) is 9.36. The highest BCUT2D eigenvalue weighted by Gasteiger charge is 2.19. The second-order valence-corrected chi connectivity index (χ2v) is 8.07. The molecule has 0 spiro atoms. The van der Waals surface area contributed by atoms with Crippen LogP contribution in [0.25, 0.3) is 16.7 Å². The van der Waals surface area contributed by atoms with Crippen LogP contribution in [0.4, 0.5) is 0 Å². The minimum atomic E-state index is -0.241. The Hall–Kier alpha value is -2.61. The Balaban J connectivity index is 1.71. The fourth-order valence-electron chi connectivity index (χ4n) is 3.25. The monoisotopic (exact) mass is 371 g/mol. The number of nitrogens with zero attached hydrogens (tertiary/aromatic N) is 3. The van der Waals surface area contributed by atoms with E-state index in [1.54, 1.807) is 4.57 Å². The third-order valence-electron chi connectivity index (χ3n) is 4.86. The third-order valence-corrected chi connectivity index (χ3v) is 4.86. The number of aromatic amines is 1. The molecule has 0 atom stereocenters. The summed E-state index contributed by atoms with van der Waals surface area (Å²) in [6, 6.07) is 2.08. The number of aromatic nitrogens is 3. The van der Waals surface area contributed by atoms with Gasteiger partial charge in [-0.1, -0.05) is 26.8 Å². The molecule has 146 valence electrons. The molecule has 0 aliphatic carbocycles. The van der Waals surface area contributed by atoms with Gasteiger partial charge < -0.3 is 16.0 Å². The van der Waals surface area contributed by atoms with Gasteiger partial charge in [0.1, 0.15) is 5.65 Å². The van der Waals surface area contributed by atoms with Crippen LogP contribution >= 0.6 is 0 Å². The Morgan fingerprint density at radius 3 is 2.85 bits per heavy atom. The van der Waals surface area contributed by atoms with E-state index < -0.39 is 0 Å². The van der Waals surface area contributed by atoms with Crippen molar-refractivity contribution < 1.29 is 0 Å². The maximum Gasteiger partial charge on any atom is 0.353 e. The van der Waals surface area contributed by atoms with Gasteiger partial charge in [-0.3, -0.25) is 14.9 Å².